The lowest BCUT2D eigenvalue weighted by atomic mass is 9.86. The molecule has 1 aliphatic rings. The molecule has 0 heterocycles. The highest BCUT2D eigenvalue weighted by Crippen LogP contribution is 2.28. The van der Waals surface area contributed by atoms with Crippen LogP contribution >= 0.6 is 0 Å². The fraction of sp³-hybridized carbons (Fsp3) is 0.588. The van der Waals surface area contributed by atoms with Crippen molar-refractivity contribution in [2.24, 2.45) is 5.92 Å². The highest BCUT2D eigenvalue weighted by Gasteiger charge is 2.13. The van der Waals surface area contributed by atoms with Gasteiger partial charge in [0.15, 0.2) is 0 Å². The average molecular weight is 290 g/mol. The van der Waals surface area contributed by atoms with Crippen molar-refractivity contribution in [1.82, 2.24) is 0 Å². The molecule has 0 aliphatic heterocycles. The van der Waals surface area contributed by atoms with Gasteiger partial charge in [-0.3, -0.25) is 4.79 Å². The van der Waals surface area contributed by atoms with E-state index in [2.05, 4.69) is 5.32 Å². The predicted molar refractivity (Wildman–Crippen MR) is 86.5 cm³/mol. The van der Waals surface area contributed by atoms with Gasteiger partial charge in [-0.05, 0) is 37.0 Å². The van der Waals surface area contributed by atoms with Gasteiger partial charge in [0.2, 0.25) is 5.91 Å². The maximum absolute atomic E-state index is 11.9. The first-order valence-corrected chi connectivity index (χ1v) is 7.92. The largest absolute Gasteiger partial charge is 0.495 e. The van der Waals surface area contributed by atoms with Gasteiger partial charge in [0, 0.05) is 12.1 Å². The zero-order valence-electron chi connectivity index (χ0n) is 12.9. The smallest absolute Gasteiger partial charge is 0.224 e. The van der Waals surface area contributed by atoms with Crippen molar-refractivity contribution >= 4 is 17.3 Å². The molecule has 1 saturated carbocycles. The molecule has 3 N–H and O–H groups in total. The topological polar surface area (TPSA) is 64.3 Å². The van der Waals surface area contributed by atoms with Crippen LogP contribution in [0, 0.1) is 5.92 Å². The van der Waals surface area contributed by atoms with Crippen LogP contribution in [0.25, 0.3) is 0 Å². The van der Waals surface area contributed by atoms with Crippen molar-refractivity contribution in [2.75, 3.05) is 18.2 Å². The van der Waals surface area contributed by atoms with Gasteiger partial charge in [-0.1, -0.05) is 32.1 Å². The summed E-state index contributed by atoms with van der Waals surface area (Å²) in [5.41, 5.74) is 7.10. The fourth-order valence-electron chi connectivity index (χ4n) is 3.06. The van der Waals surface area contributed by atoms with Crippen LogP contribution in [0.4, 0.5) is 11.4 Å². The average Bonchev–Trinajstić information content (AvgIpc) is 2.48. The molecule has 1 aromatic carbocycles. The maximum atomic E-state index is 11.9. The minimum Gasteiger partial charge on any atom is -0.495 e. The monoisotopic (exact) mass is 290 g/mol. The van der Waals surface area contributed by atoms with Gasteiger partial charge in [0.1, 0.15) is 5.75 Å². The van der Waals surface area contributed by atoms with E-state index in [1.54, 1.807) is 19.2 Å². The number of nitrogens with one attached hydrogen (secondary N) is 1. The lowest BCUT2D eigenvalue weighted by molar-refractivity contribution is -0.116. The Bertz CT molecular complexity index is 468. The van der Waals surface area contributed by atoms with E-state index in [0.29, 0.717) is 17.9 Å². The molecule has 0 atom stereocenters. The quantitative estimate of drug-likeness (QED) is 0.779. The zero-order valence-corrected chi connectivity index (χ0v) is 12.9. The van der Waals surface area contributed by atoms with Crippen molar-refractivity contribution in [2.45, 2.75) is 51.4 Å². The van der Waals surface area contributed by atoms with E-state index < -0.39 is 0 Å². The van der Waals surface area contributed by atoms with E-state index in [9.17, 15) is 4.79 Å². The van der Waals surface area contributed by atoms with Crippen LogP contribution in [0.5, 0.6) is 5.75 Å². The van der Waals surface area contributed by atoms with E-state index in [1.807, 2.05) is 6.07 Å². The van der Waals surface area contributed by atoms with Crippen LogP contribution in [0.3, 0.4) is 0 Å². The highest BCUT2D eigenvalue weighted by atomic mass is 16.5. The first kappa shape index (κ1) is 15.7. The Morgan fingerprint density at radius 2 is 2.10 bits per heavy atom. The molecule has 0 aromatic heterocycles. The summed E-state index contributed by atoms with van der Waals surface area (Å²) in [6.07, 6.45) is 9.54. The molecule has 1 amide bonds. The Balaban J connectivity index is 1.72. The molecule has 0 saturated heterocycles. The highest BCUT2D eigenvalue weighted by molar-refractivity contribution is 5.91. The van der Waals surface area contributed by atoms with Crippen molar-refractivity contribution < 1.29 is 9.53 Å². The Hall–Kier alpha value is -1.71. The summed E-state index contributed by atoms with van der Waals surface area (Å²) in [6, 6.07) is 5.32. The first-order chi connectivity index (χ1) is 10.2. The molecule has 4 nitrogen and oxygen atoms in total. The SMILES string of the molecule is COc1ccc(NC(=O)CCCC2CCCCC2)cc1N. The number of hydrogen-bond acceptors (Lipinski definition) is 3. The minimum atomic E-state index is 0.0652. The van der Waals surface area contributed by atoms with Gasteiger partial charge in [-0.25, -0.2) is 0 Å². The number of methoxy groups -OCH3 is 1. The molecule has 0 radical (unpaired) electrons. The van der Waals surface area contributed by atoms with Crippen LogP contribution in [0.1, 0.15) is 51.4 Å². The summed E-state index contributed by atoms with van der Waals surface area (Å²) in [7, 11) is 1.58. The van der Waals surface area contributed by atoms with Crippen LogP contribution < -0.4 is 15.8 Å². The lowest BCUT2D eigenvalue weighted by Crippen LogP contribution is -2.13. The van der Waals surface area contributed by atoms with Crippen molar-refractivity contribution in [3.8, 4) is 5.75 Å². The van der Waals surface area contributed by atoms with E-state index in [4.69, 9.17) is 10.5 Å². The van der Waals surface area contributed by atoms with Gasteiger partial charge in [0.05, 0.1) is 12.8 Å². The standard InChI is InChI=1S/C17H26N2O2/c1-21-16-11-10-14(12-15(16)18)19-17(20)9-5-8-13-6-3-2-4-7-13/h10-13H,2-9,18H2,1H3,(H,19,20). The van der Waals surface area contributed by atoms with Crippen molar-refractivity contribution in [3.05, 3.63) is 18.2 Å². The number of amides is 1. The molecule has 116 valence electrons. The zero-order chi connectivity index (χ0) is 15.1. The summed E-state index contributed by atoms with van der Waals surface area (Å²) < 4.78 is 5.10. The number of ether oxygens (including phenoxy) is 1. The van der Waals surface area contributed by atoms with Crippen molar-refractivity contribution in [1.29, 1.82) is 0 Å². The Morgan fingerprint density at radius 3 is 2.76 bits per heavy atom. The first-order valence-electron chi connectivity index (χ1n) is 7.92. The fourth-order valence-corrected chi connectivity index (χ4v) is 3.06. The summed E-state index contributed by atoms with van der Waals surface area (Å²) in [4.78, 5) is 11.9. The van der Waals surface area contributed by atoms with E-state index in [0.717, 1.165) is 18.0 Å². The molecular formula is C17H26N2O2. The Labute approximate surface area is 127 Å². The van der Waals surface area contributed by atoms with Gasteiger partial charge in [0.25, 0.3) is 0 Å². The number of anilines is 2. The van der Waals surface area contributed by atoms with E-state index in [-0.39, 0.29) is 5.91 Å². The molecule has 2 rings (SSSR count). The summed E-state index contributed by atoms with van der Waals surface area (Å²) in [5, 5.41) is 2.90. The molecular weight excluding hydrogens is 264 g/mol. The van der Waals surface area contributed by atoms with Crippen LogP contribution in [-0.2, 0) is 4.79 Å². The number of benzene rings is 1. The Kier molecular flexibility index (Phi) is 5.90. The Morgan fingerprint density at radius 1 is 1.33 bits per heavy atom. The van der Waals surface area contributed by atoms with Gasteiger partial charge < -0.3 is 15.8 Å². The predicted octanol–water partition coefficient (Wildman–Crippen LogP) is 3.97. The third kappa shape index (κ3) is 4.96. The van der Waals surface area contributed by atoms with Crippen molar-refractivity contribution in [3.63, 3.8) is 0 Å². The number of nitrogen functional groups attached to an aromatic ring is 1. The minimum absolute atomic E-state index is 0.0652. The molecule has 1 fully saturated rings. The van der Waals surface area contributed by atoms with Gasteiger partial charge in [-0.15, -0.1) is 0 Å². The third-order valence-corrected chi connectivity index (χ3v) is 4.25. The molecule has 21 heavy (non-hydrogen) atoms. The van der Waals surface area contributed by atoms with E-state index in [1.165, 1.54) is 38.5 Å². The number of carbonyl (C=O) groups excluding carboxylic acids is 1. The number of rotatable bonds is 6. The van der Waals surface area contributed by atoms with Crippen LogP contribution in [0.2, 0.25) is 0 Å². The second kappa shape index (κ2) is 7.91. The lowest BCUT2D eigenvalue weighted by Gasteiger charge is -2.21. The summed E-state index contributed by atoms with van der Waals surface area (Å²) in [6.45, 7) is 0. The maximum Gasteiger partial charge on any atom is 0.224 e. The normalized spacial score (nSPS) is 15.7. The molecule has 1 aromatic rings. The number of hydrogen-bond donors (Lipinski definition) is 2. The van der Waals surface area contributed by atoms with Crippen LogP contribution in [0.15, 0.2) is 18.2 Å². The summed E-state index contributed by atoms with van der Waals surface area (Å²) >= 11 is 0. The molecule has 0 unspecified atom stereocenters. The van der Waals surface area contributed by atoms with E-state index >= 15 is 0 Å². The van der Waals surface area contributed by atoms with Gasteiger partial charge in [-0.2, -0.15) is 0 Å². The molecule has 1 aliphatic carbocycles. The second-order valence-electron chi connectivity index (χ2n) is 5.90. The molecule has 0 bridgehead atoms. The molecule has 0 spiro atoms. The number of nitrogens with two attached hydrogens (primary N) is 1. The second-order valence-corrected chi connectivity index (χ2v) is 5.90. The molecule has 4 heteroatoms. The van der Waals surface area contributed by atoms with Crippen LogP contribution in [-0.4, -0.2) is 13.0 Å². The summed E-state index contributed by atoms with van der Waals surface area (Å²) in [5.74, 6) is 1.53. The van der Waals surface area contributed by atoms with Gasteiger partial charge >= 0.3 is 0 Å². The third-order valence-electron chi connectivity index (χ3n) is 4.25. The number of carbonyl (C=O) groups is 1.